The van der Waals surface area contributed by atoms with Crippen molar-refractivity contribution in [2.24, 2.45) is 0 Å². The number of fused-ring (bicyclic) bond motifs is 6. The van der Waals surface area contributed by atoms with E-state index in [1.165, 1.54) is 45.5 Å². The van der Waals surface area contributed by atoms with Crippen molar-refractivity contribution in [1.29, 1.82) is 0 Å². The number of hydrogen-bond donors (Lipinski definition) is 0. The lowest BCUT2D eigenvalue weighted by Crippen LogP contribution is -2.38. The number of benzene rings is 4. The summed E-state index contributed by atoms with van der Waals surface area (Å²) in [4.78, 5) is 2.32. The summed E-state index contributed by atoms with van der Waals surface area (Å²) < 4.78 is 14.2. The van der Waals surface area contributed by atoms with Crippen LogP contribution in [0.2, 0.25) is 0 Å². The van der Waals surface area contributed by atoms with Gasteiger partial charge in [-0.1, -0.05) is 79.4 Å². The van der Waals surface area contributed by atoms with Gasteiger partial charge in [0.05, 0.1) is 11.3 Å². The summed E-state index contributed by atoms with van der Waals surface area (Å²) in [6.07, 6.45) is 4.52. The zero-order valence-corrected chi connectivity index (χ0v) is 22.9. The number of aromatic nitrogens is 1. The minimum Gasteiger partial charge on any atom is -0.439 e. The van der Waals surface area contributed by atoms with E-state index in [2.05, 4.69) is 114 Å². The smallest absolute Gasteiger partial charge is 0.376 e. The lowest BCUT2D eigenvalue weighted by atomic mass is 10.0. The topological polar surface area (TPSA) is 29.5 Å². The maximum atomic E-state index is 6.02. The van der Waals surface area contributed by atoms with Crippen molar-refractivity contribution < 1.29 is 13.7 Å². The van der Waals surface area contributed by atoms with Gasteiger partial charge in [-0.3, -0.25) is 0 Å². The number of aryl methyl sites for hydroxylation is 1. The number of hydrogen-bond acceptors (Lipinski definition) is 3. The van der Waals surface area contributed by atoms with Crippen LogP contribution in [0.15, 0.2) is 120 Å². The monoisotopic (exact) mass is 525 g/mol. The Morgan fingerprint density at radius 2 is 1.45 bits per heavy atom. The molecule has 40 heavy (non-hydrogen) atoms. The lowest BCUT2D eigenvalue weighted by Gasteiger charge is -2.24. The first-order valence-corrected chi connectivity index (χ1v) is 14.2. The van der Waals surface area contributed by atoms with Crippen molar-refractivity contribution in [2.45, 2.75) is 39.2 Å². The normalized spacial score (nSPS) is 15.6. The SMILES string of the molecule is C=C1CCC[n+]2c1oc1ccc(-c3ccccc3)cc12.CC1=C2Oc3ccc(-c4ccccc4)cc3N2CCC1. The molecule has 0 N–H and O–H groups in total. The summed E-state index contributed by atoms with van der Waals surface area (Å²) in [6, 6.07) is 33.8. The van der Waals surface area contributed by atoms with Gasteiger partial charge in [-0.05, 0) is 72.2 Å². The summed E-state index contributed by atoms with van der Waals surface area (Å²) in [5.41, 5.74) is 10.7. The highest BCUT2D eigenvalue weighted by Crippen LogP contribution is 2.44. The van der Waals surface area contributed by atoms with Crippen LogP contribution in [-0.2, 0) is 6.54 Å². The Labute approximate surface area is 235 Å². The summed E-state index contributed by atoms with van der Waals surface area (Å²) in [5.74, 6) is 2.98. The number of oxazole rings is 1. The predicted molar refractivity (Wildman–Crippen MR) is 162 cm³/mol. The van der Waals surface area contributed by atoms with E-state index >= 15 is 0 Å². The van der Waals surface area contributed by atoms with Gasteiger partial charge in [0.1, 0.15) is 0 Å². The van der Waals surface area contributed by atoms with Crippen molar-refractivity contribution in [1.82, 2.24) is 0 Å². The fourth-order valence-corrected chi connectivity index (χ4v) is 5.98. The van der Waals surface area contributed by atoms with Crippen molar-refractivity contribution >= 4 is 22.4 Å². The standard InChI is InChI=1S/C18H17NO.C18H16NO/c2*1-13-6-5-11-19-16-12-15(14-7-3-2-4-8-14)9-10-17(16)20-18(13)19/h2-4,7-10,12H,5-6,11H2,1H3;2-4,7-10,12H,1,5-6,11H2/q;+1. The molecule has 1 aromatic heterocycles. The first-order valence-electron chi connectivity index (χ1n) is 14.2. The van der Waals surface area contributed by atoms with Crippen molar-refractivity contribution in [3.8, 4) is 28.0 Å². The van der Waals surface area contributed by atoms with Crippen molar-refractivity contribution in [2.75, 3.05) is 11.4 Å². The maximum Gasteiger partial charge on any atom is 0.376 e. The van der Waals surface area contributed by atoms with E-state index in [-0.39, 0.29) is 0 Å². The summed E-state index contributed by atoms with van der Waals surface area (Å²) in [6.45, 7) is 8.36. The van der Waals surface area contributed by atoms with E-state index in [0.29, 0.717) is 0 Å². The van der Waals surface area contributed by atoms with Crippen LogP contribution >= 0.6 is 0 Å². The first kappa shape index (κ1) is 24.5. The molecule has 0 spiro atoms. The van der Waals surface area contributed by atoms with Gasteiger partial charge in [-0.25, -0.2) is 0 Å². The Kier molecular flexibility index (Phi) is 6.24. The van der Waals surface area contributed by atoms with Crippen LogP contribution < -0.4 is 14.2 Å². The molecule has 4 heteroatoms. The van der Waals surface area contributed by atoms with Crippen molar-refractivity contribution in [3.63, 3.8) is 0 Å². The van der Waals surface area contributed by atoms with E-state index in [0.717, 1.165) is 61.0 Å². The second-order valence-corrected chi connectivity index (χ2v) is 10.8. The van der Waals surface area contributed by atoms with E-state index < -0.39 is 0 Å². The molecule has 0 unspecified atom stereocenters. The molecule has 0 radical (unpaired) electrons. The van der Waals surface area contributed by atoms with Gasteiger partial charge in [0.25, 0.3) is 5.52 Å². The Hall–Kier alpha value is -4.57. The summed E-state index contributed by atoms with van der Waals surface area (Å²) in [7, 11) is 0. The van der Waals surface area contributed by atoms with Crippen LogP contribution in [0.4, 0.5) is 5.69 Å². The van der Waals surface area contributed by atoms with Crippen LogP contribution in [0, 0.1) is 0 Å². The zero-order chi connectivity index (χ0) is 27.1. The van der Waals surface area contributed by atoms with Crippen LogP contribution in [0.25, 0.3) is 38.9 Å². The Balaban J connectivity index is 0.000000132. The maximum absolute atomic E-state index is 6.02. The molecular formula is C36H33N2O2+. The molecule has 0 amide bonds. The average Bonchev–Trinajstić information content (AvgIpc) is 3.58. The molecule has 4 nitrogen and oxygen atoms in total. The molecule has 0 saturated heterocycles. The Morgan fingerprint density at radius 1 is 0.750 bits per heavy atom. The Morgan fingerprint density at radius 3 is 2.20 bits per heavy atom. The fourth-order valence-electron chi connectivity index (χ4n) is 5.98. The molecule has 4 heterocycles. The minimum atomic E-state index is 0.941. The van der Waals surface area contributed by atoms with Gasteiger partial charge in [-0.15, -0.1) is 0 Å². The highest BCUT2D eigenvalue weighted by molar-refractivity contribution is 5.79. The fraction of sp³-hybridized carbons (Fsp3) is 0.194. The molecular weight excluding hydrogens is 492 g/mol. The summed E-state index contributed by atoms with van der Waals surface area (Å²) >= 11 is 0. The van der Waals surface area contributed by atoms with Gasteiger partial charge in [-0.2, -0.15) is 4.57 Å². The molecule has 0 bridgehead atoms. The quantitative estimate of drug-likeness (QED) is 0.216. The van der Waals surface area contributed by atoms with Crippen molar-refractivity contribution in [3.05, 3.63) is 121 Å². The number of anilines is 1. The predicted octanol–water partition coefficient (Wildman–Crippen LogP) is 8.77. The molecule has 4 aromatic carbocycles. The first-order chi connectivity index (χ1) is 19.7. The molecule has 8 rings (SSSR count). The third-order valence-electron chi connectivity index (χ3n) is 8.08. The van der Waals surface area contributed by atoms with Crippen LogP contribution in [0.1, 0.15) is 38.5 Å². The largest absolute Gasteiger partial charge is 0.439 e. The highest BCUT2D eigenvalue weighted by atomic mass is 16.5. The van der Waals surface area contributed by atoms with Gasteiger partial charge in [0.15, 0.2) is 18.2 Å². The number of rotatable bonds is 2. The third-order valence-corrected chi connectivity index (χ3v) is 8.08. The number of ether oxygens (including phenoxy) is 1. The molecule has 3 aliphatic rings. The molecule has 198 valence electrons. The highest BCUT2D eigenvalue weighted by Gasteiger charge is 2.31. The van der Waals surface area contributed by atoms with Gasteiger partial charge < -0.3 is 14.1 Å². The molecule has 3 aliphatic heterocycles. The van der Waals surface area contributed by atoms with Gasteiger partial charge in [0, 0.05) is 19.0 Å². The molecule has 0 atom stereocenters. The Bertz CT molecular complexity index is 1750. The molecule has 0 saturated carbocycles. The van der Waals surface area contributed by atoms with Gasteiger partial charge >= 0.3 is 5.89 Å². The van der Waals surface area contributed by atoms with Gasteiger partial charge in [0.2, 0.25) is 5.58 Å². The lowest BCUT2D eigenvalue weighted by molar-refractivity contribution is -0.682. The summed E-state index contributed by atoms with van der Waals surface area (Å²) in [5, 5.41) is 0. The zero-order valence-electron chi connectivity index (χ0n) is 22.9. The second kappa shape index (κ2) is 10.2. The number of nitrogens with zero attached hydrogens (tertiary/aromatic N) is 2. The van der Waals surface area contributed by atoms with Crippen LogP contribution in [0.5, 0.6) is 5.75 Å². The number of allylic oxidation sites excluding steroid dienone is 2. The van der Waals surface area contributed by atoms with Crippen LogP contribution in [-0.4, -0.2) is 6.54 Å². The van der Waals surface area contributed by atoms with E-state index in [1.54, 1.807) is 0 Å². The minimum absolute atomic E-state index is 0.941. The average molecular weight is 526 g/mol. The van der Waals surface area contributed by atoms with Crippen LogP contribution in [0.3, 0.4) is 0 Å². The second-order valence-electron chi connectivity index (χ2n) is 10.8. The van der Waals surface area contributed by atoms with E-state index in [4.69, 9.17) is 9.15 Å². The molecule has 0 fully saturated rings. The molecule has 0 aliphatic carbocycles. The van der Waals surface area contributed by atoms with E-state index in [1.807, 2.05) is 6.07 Å². The van der Waals surface area contributed by atoms with E-state index in [9.17, 15) is 0 Å². The molecule has 5 aromatic rings. The third kappa shape index (κ3) is 4.40.